The second-order valence-corrected chi connectivity index (χ2v) is 5.18. The zero-order valence-electron chi connectivity index (χ0n) is 8.57. The van der Waals surface area contributed by atoms with Gasteiger partial charge in [-0.3, -0.25) is 9.59 Å². The quantitative estimate of drug-likeness (QED) is 0.780. The molecule has 1 aliphatic carbocycles. The van der Waals surface area contributed by atoms with Crippen molar-refractivity contribution in [2.24, 2.45) is 5.92 Å². The van der Waals surface area contributed by atoms with Crippen molar-refractivity contribution >= 4 is 33.3 Å². The third kappa shape index (κ3) is 1.40. The molecule has 1 fully saturated rings. The first-order valence-electron chi connectivity index (χ1n) is 5.33. The van der Waals surface area contributed by atoms with Gasteiger partial charge in [0.15, 0.2) is 0 Å². The Morgan fingerprint density at radius 3 is 2.75 bits per heavy atom. The molecule has 1 aromatic rings. The van der Waals surface area contributed by atoms with Crippen LogP contribution in [0.15, 0.2) is 22.7 Å². The van der Waals surface area contributed by atoms with Gasteiger partial charge in [-0.05, 0) is 46.8 Å². The van der Waals surface area contributed by atoms with Crippen LogP contribution in [0.3, 0.4) is 0 Å². The number of carbonyl (C=O) groups is 2. The van der Waals surface area contributed by atoms with Crippen molar-refractivity contribution in [3.63, 3.8) is 0 Å². The Morgan fingerprint density at radius 1 is 1.31 bits per heavy atom. The molecule has 0 unspecified atom stereocenters. The molecule has 0 N–H and O–H groups in total. The molecule has 0 aromatic heterocycles. The number of nitrogens with zero attached hydrogens (tertiary/aromatic N) is 1. The van der Waals surface area contributed by atoms with Crippen LogP contribution < -0.4 is 4.90 Å². The highest BCUT2D eigenvalue weighted by Gasteiger charge is 2.39. The molecule has 2 aliphatic rings. The lowest BCUT2D eigenvalue weighted by Crippen LogP contribution is -2.31. The molecular formula is C12H10BrNO2. The third-order valence-electron chi connectivity index (χ3n) is 3.08. The molecule has 1 amide bonds. The maximum absolute atomic E-state index is 11.8. The van der Waals surface area contributed by atoms with Crippen molar-refractivity contribution in [2.45, 2.75) is 12.8 Å². The van der Waals surface area contributed by atoms with Gasteiger partial charge >= 0.3 is 0 Å². The summed E-state index contributed by atoms with van der Waals surface area (Å²) < 4.78 is 0.824. The molecule has 1 aromatic carbocycles. The van der Waals surface area contributed by atoms with Gasteiger partial charge in [-0.1, -0.05) is 6.07 Å². The number of hydrogen-bond acceptors (Lipinski definition) is 2. The fourth-order valence-corrected chi connectivity index (χ4v) is 2.63. The number of halogens is 1. The minimum atomic E-state index is -0.381. The van der Waals surface area contributed by atoms with Gasteiger partial charge in [-0.25, -0.2) is 0 Å². The van der Waals surface area contributed by atoms with Crippen molar-refractivity contribution in [1.82, 2.24) is 0 Å². The van der Waals surface area contributed by atoms with Crippen LogP contribution in [-0.2, 0) is 4.79 Å². The van der Waals surface area contributed by atoms with E-state index in [0.717, 1.165) is 23.0 Å². The van der Waals surface area contributed by atoms with E-state index in [1.165, 1.54) is 0 Å². The van der Waals surface area contributed by atoms with Crippen molar-refractivity contribution in [1.29, 1.82) is 0 Å². The maximum Gasteiger partial charge on any atom is 0.299 e. The van der Waals surface area contributed by atoms with Crippen molar-refractivity contribution in [3.05, 3.63) is 28.2 Å². The van der Waals surface area contributed by atoms with E-state index in [-0.39, 0.29) is 11.7 Å². The van der Waals surface area contributed by atoms with Crippen LogP contribution in [-0.4, -0.2) is 18.2 Å². The first-order chi connectivity index (χ1) is 7.68. The molecule has 0 bridgehead atoms. The summed E-state index contributed by atoms with van der Waals surface area (Å²) in [6, 6.07) is 5.37. The fourth-order valence-electron chi connectivity index (χ4n) is 2.05. The molecule has 3 rings (SSSR count). The lowest BCUT2D eigenvalue weighted by atomic mass is 10.1. The normalized spacial score (nSPS) is 19.2. The number of ketones is 1. The van der Waals surface area contributed by atoms with Gasteiger partial charge in [-0.2, -0.15) is 0 Å². The zero-order chi connectivity index (χ0) is 11.3. The second-order valence-electron chi connectivity index (χ2n) is 4.32. The van der Waals surface area contributed by atoms with Crippen molar-refractivity contribution in [3.8, 4) is 0 Å². The molecule has 0 radical (unpaired) electrons. The van der Waals surface area contributed by atoms with E-state index in [1.807, 2.05) is 6.07 Å². The van der Waals surface area contributed by atoms with Crippen LogP contribution in [0.25, 0.3) is 0 Å². The summed E-state index contributed by atoms with van der Waals surface area (Å²) in [6.45, 7) is 0.681. The average Bonchev–Trinajstić information content (AvgIpc) is 3.04. The molecule has 3 nitrogen and oxygen atoms in total. The number of amides is 1. The van der Waals surface area contributed by atoms with Crippen LogP contribution in [0.4, 0.5) is 5.69 Å². The van der Waals surface area contributed by atoms with Crippen LogP contribution in [0.5, 0.6) is 0 Å². The van der Waals surface area contributed by atoms with E-state index in [0.29, 0.717) is 18.0 Å². The van der Waals surface area contributed by atoms with E-state index >= 15 is 0 Å². The largest absolute Gasteiger partial charge is 0.303 e. The van der Waals surface area contributed by atoms with Crippen molar-refractivity contribution < 1.29 is 9.59 Å². The Morgan fingerprint density at radius 2 is 2.06 bits per heavy atom. The third-order valence-corrected chi connectivity index (χ3v) is 3.72. The first-order valence-corrected chi connectivity index (χ1v) is 6.12. The summed E-state index contributed by atoms with van der Waals surface area (Å²) in [5.74, 6) is -0.180. The Labute approximate surface area is 102 Å². The van der Waals surface area contributed by atoms with Gasteiger partial charge in [0.05, 0.1) is 11.3 Å². The highest BCUT2D eigenvalue weighted by molar-refractivity contribution is 9.10. The van der Waals surface area contributed by atoms with Gasteiger partial charge in [0, 0.05) is 11.0 Å². The van der Waals surface area contributed by atoms with Gasteiger partial charge in [0.2, 0.25) is 0 Å². The van der Waals surface area contributed by atoms with Crippen LogP contribution in [0.2, 0.25) is 0 Å². The lowest BCUT2D eigenvalue weighted by molar-refractivity contribution is -0.114. The highest BCUT2D eigenvalue weighted by Crippen LogP contribution is 2.39. The van der Waals surface area contributed by atoms with E-state index in [9.17, 15) is 9.59 Å². The summed E-state index contributed by atoms with van der Waals surface area (Å²) in [5.41, 5.74) is 1.28. The maximum atomic E-state index is 11.8. The van der Waals surface area contributed by atoms with E-state index in [2.05, 4.69) is 15.9 Å². The van der Waals surface area contributed by atoms with Crippen LogP contribution >= 0.6 is 15.9 Å². The Bertz CT molecular complexity index is 494. The first kappa shape index (κ1) is 10.0. The number of para-hydroxylation sites is 1. The molecule has 1 saturated carbocycles. The van der Waals surface area contributed by atoms with E-state index in [1.54, 1.807) is 17.0 Å². The monoisotopic (exact) mass is 279 g/mol. The molecule has 0 spiro atoms. The van der Waals surface area contributed by atoms with Crippen molar-refractivity contribution in [2.75, 3.05) is 11.4 Å². The number of carbonyl (C=O) groups excluding carboxylic acids is 2. The lowest BCUT2D eigenvalue weighted by Gasteiger charge is -2.17. The molecule has 0 atom stereocenters. The summed E-state index contributed by atoms with van der Waals surface area (Å²) in [4.78, 5) is 25.2. The molecule has 82 valence electrons. The van der Waals surface area contributed by atoms with Gasteiger partial charge in [0.1, 0.15) is 0 Å². The minimum absolute atomic E-state index is 0.378. The minimum Gasteiger partial charge on any atom is -0.303 e. The fraction of sp³-hybridized carbons (Fsp3) is 0.333. The number of Topliss-reactive ketones (excluding diaryl/α,β-unsaturated/α-hetero) is 1. The summed E-state index contributed by atoms with van der Waals surface area (Å²) in [5, 5.41) is 0. The summed E-state index contributed by atoms with van der Waals surface area (Å²) >= 11 is 3.41. The zero-order valence-corrected chi connectivity index (χ0v) is 10.2. The van der Waals surface area contributed by atoms with Gasteiger partial charge in [0.25, 0.3) is 11.7 Å². The molecular weight excluding hydrogens is 270 g/mol. The van der Waals surface area contributed by atoms with Crippen LogP contribution in [0, 0.1) is 5.92 Å². The Balaban J connectivity index is 2.07. The topological polar surface area (TPSA) is 37.4 Å². The number of anilines is 1. The smallest absolute Gasteiger partial charge is 0.299 e. The average molecular weight is 280 g/mol. The highest BCUT2D eigenvalue weighted by atomic mass is 79.9. The molecule has 1 heterocycles. The second kappa shape index (κ2) is 3.42. The molecule has 16 heavy (non-hydrogen) atoms. The Hall–Kier alpha value is -1.16. The number of fused-ring (bicyclic) bond motifs is 1. The molecule has 1 aliphatic heterocycles. The Kier molecular flexibility index (Phi) is 2.14. The SMILES string of the molecule is O=C1C(=O)N(CC2CC2)c2c(Br)cccc21. The van der Waals surface area contributed by atoms with Crippen LogP contribution in [0.1, 0.15) is 23.2 Å². The van der Waals surface area contributed by atoms with E-state index in [4.69, 9.17) is 0 Å². The summed E-state index contributed by atoms with van der Waals surface area (Å²) in [7, 11) is 0. The van der Waals surface area contributed by atoms with Gasteiger partial charge in [-0.15, -0.1) is 0 Å². The molecule has 0 saturated heterocycles. The predicted octanol–water partition coefficient (Wildman–Crippen LogP) is 2.39. The number of rotatable bonds is 2. The standard InChI is InChI=1S/C12H10BrNO2/c13-9-3-1-2-8-10(9)14(6-7-4-5-7)12(16)11(8)15/h1-3,7H,4-6H2. The molecule has 4 heteroatoms. The number of hydrogen-bond donors (Lipinski definition) is 0. The number of benzene rings is 1. The van der Waals surface area contributed by atoms with E-state index < -0.39 is 0 Å². The summed E-state index contributed by atoms with van der Waals surface area (Å²) in [6.07, 6.45) is 2.33. The predicted molar refractivity (Wildman–Crippen MR) is 63.5 cm³/mol. The van der Waals surface area contributed by atoms with Gasteiger partial charge < -0.3 is 4.90 Å².